The van der Waals surface area contributed by atoms with Crippen LogP contribution in [0, 0.1) is 0 Å². The van der Waals surface area contributed by atoms with Crippen LogP contribution < -0.4 is 10.6 Å². The molecule has 0 saturated carbocycles. The smallest absolute Gasteiger partial charge is 0.239 e. The summed E-state index contributed by atoms with van der Waals surface area (Å²) >= 11 is 11.7. The lowest BCUT2D eigenvalue weighted by molar-refractivity contribution is -0.119. The van der Waals surface area contributed by atoms with Gasteiger partial charge in [-0.2, -0.15) is 0 Å². The number of rotatable bonds is 7. The molecule has 0 fully saturated rings. The molecule has 3 nitrogen and oxygen atoms in total. The van der Waals surface area contributed by atoms with Crippen LogP contribution in [0.1, 0.15) is 26.2 Å². The zero-order valence-electron chi connectivity index (χ0n) is 10.4. The second-order valence-electron chi connectivity index (χ2n) is 4.04. The monoisotopic (exact) mass is 288 g/mol. The van der Waals surface area contributed by atoms with Gasteiger partial charge in [0, 0.05) is 12.2 Å². The summed E-state index contributed by atoms with van der Waals surface area (Å²) in [6, 6.07) is 5.19. The molecule has 0 radical (unpaired) electrons. The number of hydrogen-bond donors (Lipinski definition) is 2. The van der Waals surface area contributed by atoms with Crippen LogP contribution in [0.25, 0.3) is 0 Å². The van der Waals surface area contributed by atoms with E-state index in [1.807, 2.05) is 0 Å². The number of carbonyl (C=O) groups is 1. The summed E-state index contributed by atoms with van der Waals surface area (Å²) in [6.45, 7) is 3.10. The Hall–Kier alpha value is -0.930. The molecule has 1 rings (SSSR count). The van der Waals surface area contributed by atoms with Gasteiger partial charge in [-0.15, -0.1) is 0 Å². The zero-order valence-corrected chi connectivity index (χ0v) is 11.9. The zero-order chi connectivity index (χ0) is 13.4. The molecule has 0 heterocycles. The minimum atomic E-state index is -0.0165. The van der Waals surface area contributed by atoms with E-state index < -0.39 is 0 Å². The molecule has 0 aliphatic carbocycles. The highest BCUT2D eigenvalue weighted by Gasteiger charge is 2.02. The highest BCUT2D eigenvalue weighted by atomic mass is 35.5. The lowest BCUT2D eigenvalue weighted by Crippen LogP contribution is -2.30. The summed E-state index contributed by atoms with van der Waals surface area (Å²) < 4.78 is 0. The third-order valence-corrected chi connectivity index (χ3v) is 3.21. The third-order valence-electron chi connectivity index (χ3n) is 2.48. The molecular formula is C13H18Cl2N2O. The van der Waals surface area contributed by atoms with Gasteiger partial charge < -0.3 is 10.6 Å². The van der Waals surface area contributed by atoms with Gasteiger partial charge in [-0.1, -0.05) is 43.0 Å². The third kappa shape index (κ3) is 5.61. The Morgan fingerprint density at radius 1 is 1.22 bits per heavy atom. The first-order valence-electron chi connectivity index (χ1n) is 6.09. The van der Waals surface area contributed by atoms with Crippen molar-refractivity contribution in [1.29, 1.82) is 0 Å². The Balaban J connectivity index is 2.27. The first kappa shape index (κ1) is 15.1. The fraction of sp³-hybridized carbons (Fsp3) is 0.462. The van der Waals surface area contributed by atoms with E-state index >= 15 is 0 Å². The van der Waals surface area contributed by atoms with E-state index in [-0.39, 0.29) is 12.5 Å². The average molecular weight is 289 g/mol. The molecule has 0 spiro atoms. The number of halogens is 2. The molecule has 2 N–H and O–H groups in total. The second-order valence-corrected chi connectivity index (χ2v) is 4.85. The lowest BCUT2D eigenvalue weighted by Gasteiger charge is -2.08. The van der Waals surface area contributed by atoms with Gasteiger partial charge in [0.25, 0.3) is 0 Å². The number of hydrogen-bond acceptors (Lipinski definition) is 2. The normalized spacial score (nSPS) is 10.2. The number of amides is 1. The van der Waals surface area contributed by atoms with E-state index in [0.717, 1.165) is 31.5 Å². The van der Waals surface area contributed by atoms with Crippen LogP contribution in [-0.4, -0.2) is 19.0 Å². The predicted octanol–water partition coefficient (Wildman–Crippen LogP) is 3.71. The van der Waals surface area contributed by atoms with Crippen LogP contribution in [0.15, 0.2) is 18.2 Å². The van der Waals surface area contributed by atoms with Crippen molar-refractivity contribution in [3.05, 3.63) is 28.2 Å². The Labute approximate surface area is 118 Å². The van der Waals surface area contributed by atoms with E-state index in [4.69, 9.17) is 23.2 Å². The lowest BCUT2D eigenvalue weighted by atomic mass is 10.2. The molecule has 0 bridgehead atoms. The summed E-state index contributed by atoms with van der Waals surface area (Å²) in [5, 5.41) is 6.83. The fourth-order valence-corrected chi connectivity index (χ4v) is 1.75. The predicted molar refractivity (Wildman–Crippen MR) is 77.5 cm³/mol. The first-order chi connectivity index (χ1) is 8.63. The van der Waals surface area contributed by atoms with E-state index in [1.165, 1.54) is 0 Å². The Morgan fingerprint density at radius 2 is 2.00 bits per heavy atom. The molecule has 0 unspecified atom stereocenters. The summed E-state index contributed by atoms with van der Waals surface area (Å²) in [6.07, 6.45) is 3.31. The largest absolute Gasteiger partial charge is 0.376 e. The van der Waals surface area contributed by atoms with Crippen LogP contribution in [0.2, 0.25) is 10.0 Å². The maximum atomic E-state index is 11.5. The van der Waals surface area contributed by atoms with E-state index in [2.05, 4.69) is 17.6 Å². The van der Waals surface area contributed by atoms with Crippen LogP contribution in [0.3, 0.4) is 0 Å². The van der Waals surface area contributed by atoms with E-state index in [1.54, 1.807) is 18.2 Å². The molecule has 0 aliphatic rings. The van der Waals surface area contributed by atoms with Crippen LogP contribution >= 0.6 is 23.2 Å². The Bertz CT molecular complexity index is 397. The van der Waals surface area contributed by atoms with Gasteiger partial charge in [0.1, 0.15) is 0 Å². The molecule has 5 heteroatoms. The van der Waals surface area contributed by atoms with Crippen LogP contribution in [0.5, 0.6) is 0 Å². The average Bonchev–Trinajstić information content (AvgIpc) is 2.36. The molecule has 18 heavy (non-hydrogen) atoms. The summed E-state index contributed by atoms with van der Waals surface area (Å²) in [7, 11) is 0. The first-order valence-corrected chi connectivity index (χ1v) is 6.84. The van der Waals surface area contributed by atoms with Gasteiger partial charge >= 0.3 is 0 Å². The number of nitrogens with one attached hydrogen (secondary N) is 2. The minimum absolute atomic E-state index is 0.0165. The maximum Gasteiger partial charge on any atom is 0.239 e. The number of benzene rings is 1. The highest BCUT2D eigenvalue weighted by molar-refractivity contribution is 6.42. The SMILES string of the molecule is CCCCCNC(=O)CNc1ccc(Cl)c(Cl)c1. The van der Waals surface area contributed by atoms with Crippen molar-refractivity contribution in [1.82, 2.24) is 5.32 Å². The van der Waals surface area contributed by atoms with Crippen molar-refractivity contribution in [3.8, 4) is 0 Å². The molecule has 0 aromatic heterocycles. The van der Waals surface area contributed by atoms with Gasteiger partial charge in [-0.25, -0.2) is 0 Å². The van der Waals surface area contributed by atoms with Crippen LogP contribution in [0.4, 0.5) is 5.69 Å². The molecule has 0 atom stereocenters. The molecule has 1 aromatic carbocycles. The molecule has 100 valence electrons. The molecule has 1 amide bonds. The summed E-state index contributed by atoms with van der Waals surface area (Å²) in [4.78, 5) is 11.5. The highest BCUT2D eigenvalue weighted by Crippen LogP contribution is 2.24. The van der Waals surface area contributed by atoms with Crippen molar-refractivity contribution in [2.75, 3.05) is 18.4 Å². The molecule has 0 aliphatic heterocycles. The van der Waals surface area contributed by atoms with Gasteiger partial charge in [0.15, 0.2) is 0 Å². The Kier molecular flexibility index (Phi) is 6.91. The van der Waals surface area contributed by atoms with Gasteiger partial charge in [-0.3, -0.25) is 4.79 Å². The van der Waals surface area contributed by atoms with E-state index in [9.17, 15) is 4.79 Å². The summed E-state index contributed by atoms with van der Waals surface area (Å²) in [5.41, 5.74) is 0.785. The molecule has 0 saturated heterocycles. The van der Waals surface area contributed by atoms with E-state index in [0.29, 0.717) is 10.0 Å². The van der Waals surface area contributed by atoms with Crippen LogP contribution in [-0.2, 0) is 4.79 Å². The fourth-order valence-electron chi connectivity index (χ4n) is 1.45. The van der Waals surface area contributed by atoms with Gasteiger partial charge in [0.2, 0.25) is 5.91 Å². The van der Waals surface area contributed by atoms with Crippen molar-refractivity contribution in [3.63, 3.8) is 0 Å². The number of carbonyl (C=O) groups excluding carboxylic acids is 1. The quantitative estimate of drug-likeness (QED) is 0.751. The molecule has 1 aromatic rings. The minimum Gasteiger partial charge on any atom is -0.376 e. The topological polar surface area (TPSA) is 41.1 Å². The van der Waals surface area contributed by atoms with Crippen molar-refractivity contribution >= 4 is 34.8 Å². The second kappa shape index (κ2) is 8.22. The van der Waals surface area contributed by atoms with Crippen molar-refractivity contribution in [2.45, 2.75) is 26.2 Å². The standard InChI is InChI=1S/C13H18Cl2N2O/c1-2-3-4-7-16-13(18)9-17-10-5-6-11(14)12(15)8-10/h5-6,8,17H,2-4,7,9H2,1H3,(H,16,18). The number of anilines is 1. The van der Waals surface area contributed by atoms with Crippen molar-refractivity contribution in [2.24, 2.45) is 0 Å². The summed E-state index contributed by atoms with van der Waals surface area (Å²) in [5.74, 6) is -0.0165. The maximum absolute atomic E-state index is 11.5. The number of unbranched alkanes of at least 4 members (excludes halogenated alkanes) is 2. The Morgan fingerprint density at radius 3 is 2.67 bits per heavy atom. The molecular weight excluding hydrogens is 271 g/mol. The van der Waals surface area contributed by atoms with Gasteiger partial charge in [0.05, 0.1) is 16.6 Å². The van der Waals surface area contributed by atoms with Gasteiger partial charge in [-0.05, 0) is 24.6 Å². The van der Waals surface area contributed by atoms with Crippen molar-refractivity contribution < 1.29 is 4.79 Å².